The van der Waals surface area contributed by atoms with E-state index < -0.39 is 5.54 Å². The number of halogens is 1. The third-order valence-electron chi connectivity index (χ3n) is 5.76. The lowest BCUT2D eigenvalue weighted by Crippen LogP contribution is -2.76. The first-order valence-corrected chi connectivity index (χ1v) is 8.80. The molecule has 1 saturated carbocycles. The summed E-state index contributed by atoms with van der Waals surface area (Å²) in [6.07, 6.45) is 0.619. The molecule has 2 rings (SSSR count). The predicted molar refractivity (Wildman–Crippen MR) is 105 cm³/mol. The van der Waals surface area contributed by atoms with Crippen molar-refractivity contribution in [2.75, 3.05) is 13.2 Å². The molecule has 4 nitrogen and oxygen atoms in total. The number of nitrogens with two attached hydrogens (primary N) is 1. The Kier molecular flexibility index (Phi) is 6.71. The Morgan fingerprint density at radius 3 is 2.36 bits per heavy atom. The monoisotopic (exact) mass is 368 g/mol. The lowest BCUT2D eigenvalue weighted by molar-refractivity contribution is -0.170. The third kappa shape index (κ3) is 4.02. The van der Waals surface area contributed by atoms with E-state index in [0.717, 1.165) is 0 Å². The summed E-state index contributed by atoms with van der Waals surface area (Å²) >= 11 is 0. The van der Waals surface area contributed by atoms with Crippen LogP contribution in [0.25, 0.3) is 0 Å². The quantitative estimate of drug-likeness (QED) is 0.809. The van der Waals surface area contributed by atoms with E-state index in [2.05, 4.69) is 50.4 Å². The fourth-order valence-corrected chi connectivity index (χ4v) is 3.39. The van der Waals surface area contributed by atoms with Crippen LogP contribution in [0, 0.1) is 12.3 Å². The van der Waals surface area contributed by atoms with E-state index in [0.29, 0.717) is 19.6 Å². The Labute approximate surface area is 158 Å². The van der Waals surface area contributed by atoms with Gasteiger partial charge in [0.15, 0.2) is 0 Å². The van der Waals surface area contributed by atoms with Crippen molar-refractivity contribution >= 4 is 18.3 Å². The summed E-state index contributed by atoms with van der Waals surface area (Å²) in [5, 5.41) is 3.08. The number of hydrogen-bond donors (Lipinski definition) is 2. The topological polar surface area (TPSA) is 64.3 Å². The number of benzene rings is 1. The molecule has 2 unspecified atom stereocenters. The van der Waals surface area contributed by atoms with Crippen molar-refractivity contribution in [3.63, 3.8) is 0 Å². The molecule has 1 aromatic carbocycles. The first kappa shape index (κ1) is 21.9. The molecule has 2 atom stereocenters. The highest BCUT2D eigenvalue weighted by atomic mass is 35.5. The van der Waals surface area contributed by atoms with Gasteiger partial charge in [0.25, 0.3) is 0 Å². The van der Waals surface area contributed by atoms with Crippen LogP contribution < -0.4 is 11.1 Å². The maximum atomic E-state index is 12.8. The zero-order valence-corrected chi connectivity index (χ0v) is 17.1. The maximum absolute atomic E-state index is 12.8. The average Bonchev–Trinajstić information content (AvgIpc) is 2.52. The highest BCUT2D eigenvalue weighted by Gasteiger charge is 2.62. The highest BCUT2D eigenvalue weighted by molar-refractivity contribution is 5.88. The van der Waals surface area contributed by atoms with Gasteiger partial charge in [-0.1, -0.05) is 57.5 Å². The third-order valence-corrected chi connectivity index (χ3v) is 5.76. The Balaban J connectivity index is 0.00000312. The van der Waals surface area contributed by atoms with Gasteiger partial charge in [-0.25, -0.2) is 0 Å². The number of rotatable bonds is 6. The minimum absolute atomic E-state index is 0. The molecule has 1 aromatic rings. The van der Waals surface area contributed by atoms with E-state index >= 15 is 0 Å². The Bertz CT molecular complexity index is 598. The van der Waals surface area contributed by atoms with Gasteiger partial charge in [0, 0.05) is 30.4 Å². The van der Waals surface area contributed by atoms with E-state index in [9.17, 15) is 4.79 Å². The van der Waals surface area contributed by atoms with E-state index in [4.69, 9.17) is 10.5 Å². The lowest BCUT2D eigenvalue weighted by atomic mass is 9.54. The molecule has 0 aliphatic heterocycles. The van der Waals surface area contributed by atoms with Crippen LogP contribution in [0.15, 0.2) is 24.3 Å². The minimum Gasteiger partial charge on any atom is -0.378 e. The Morgan fingerprint density at radius 2 is 1.88 bits per heavy atom. The molecule has 25 heavy (non-hydrogen) atoms. The lowest BCUT2D eigenvalue weighted by Gasteiger charge is -2.57. The van der Waals surface area contributed by atoms with E-state index in [-0.39, 0.29) is 35.2 Å². The second kappa shape index (κ2) is 7.65. The summed E-state index contributed by atoms with van der Waals surface area (Å²) < 4.78 is 5.70. The molecular formula is C20H33ClN2O2. The van der Waals surface area contributed by atoms with Gasteiger partial charge in [0.05, 0.1) is 6.10 Å². The molecule has 0 radical (unpaired) electrons. The van der Waals surface area contributed by atoms with Gasteiger partial charge in [0.2, 0.25) is 5.91 Å². The van der Waals surface area contributed by atoms with Crippen LogP contribution in [0.2, 0.25) is 0 Å². The van der Waals surface area contributed by atoms with Crippen molar-refractivity contribution in [2.24, 2.45) is 11.1 Å². The van der Waals surface area contributed by atoms with Crippen LogP contribution in [0.1, 0.15) is 52.2 Å². The first-order valence-electron chi connectivity index (χ1n) is 8.80. The predicted octanol–water partition coefficient (Wildman–Crippen LogP) is 3.34. The van der Waals surface area contributed by atoms with Crippen LogP contribution in [-0.4, -0.2) is 30.7 Å². The number of ether oxygens (including phenoxy) is 1. The molecule has 0 spiro atoms. The molecule has 0 aromatic heterocycles. The highest BCUT2D eigenvalue weighted by Crippen LogP contribution is 2.49. The van der Waals surface area contributed by atoms with Crippen LogP contribution >= 0.6 is 12.4 Å². The van der Waals surface area contributed by atoms with E-state index in [1.807, 2.05) is 20.8 Å². The van der Waals surface area contributed by atoms with E-state index in [1.54, 1.807) is 0 Å². The van der Waals surface area contributed by atoms with Crippen molar-refractivity contribution in [3.8, 4) is 0 Å². The Morgan fingerprint density at radius 1 is 1.32 bits per heavy atom. The summed E-state index contributed by atoms with van der Waals surface area (Å²) in [4.78, 5) is 12.8. The van der Waals surface area contributed by atoms with Gasteiger partial charge < -0.3 is 15.8 Å². The SMILES string of the molecule is CCOC1CC(N)(C(=O)NCC(C)(C)c2ccc(C)cc2)C1(C)C.Cl. The molecule has 1 aliphatic carbocycles. The molecule has 5 heteroatoms. The van der Waals surface area contributed by atoms with Crippen molar-refractivity contribution in [1.29, 1.82) is 0 Å². The molecule has 0 heterocycles. The molecule has 142 valence electrons. The van der Waals surface area contributed by atoms with Gasteiger partial charge in [-0.3, -0.25) is 4.79 Å². The standard InChI is InChI=1S/C20H32N2O2.ClH/c1-7-24-16-12-20(21,19(16,5)6)17(23)22-13-18(3,4)15-10-8-14(2)9-11-15;/h8-11,16H,7,12-13,21H2,1-6H3,(H,22,23);1H. The van der Waals surface area contributed by atoms with Gasteiger partial charge in [-0.05, 0) is 19.4 Å². The van der Waals surface area contributed by atoms with Crippen molar-refractivity contribution < 1.29 is 9.53 Å². The van der Waals surface area contributed by atoms with Gasteiger partial charge >= 0.3 is 0 Å². The van der Waals surface area contributed by atoms with Crippen LogP contribution in [0.3, 0.4) is 0 Å². The molecule has 1 amide bonds. The normalized spacial score (nSPS) is 24.8. The second-order valence-corrected chi connectivity index (χ2v) is 8.27. The zero-order valence-electron chi connectivity index (χ0n) is 16.3. The average molecular weight is 369 g/mol. The van der Waals surface area contributed by atoms with Crippen LogP contribution in [0.4, 0.5) is 0 Å². The van der Waals surface area contributed by atoms with Gasteiger partial charge in [-0.2, -0.15) is 0 Å². The van der Waals surface area contributed by atoms with Crippen LogP contribution in [-0.2, 0) is 14.9 Å². The summed E-state index contributed by atoms with van der Waals surface area (Å²) in [6.45, 7) is 13.5. The summed E-state index contributed by atoms with van der Waals surface area (Å²) in [5.41, 5.74) is 7.51. The molecule has 1 fully saturated rings. The molecule has 0 bridgehead atoms. The maximum Gasteiger partial charge on any atom is 0.240 e. The summed E-state index contributed by atoms with van der Waals surface area (Å²) in [5.74, 6) is -0.0800. The second-order valence-electron chi connectivity index (χ2n) is 8.27. The Hall–Kier alpha value is -1.10. The van der Waals surface area contributed by atoms with Crippen molar-refractivity contribution in [2.45, 2.75) is 65.0 Å². The molecular weight excluding hydrogens is 336 g/mol. The minimum atomic E-state index is -0.865. The van der Waals surface area contributed by atoms with Crippen molar-refractivity contribution in [1.82, 2.24) is 5.32 Å². The molecule has 0 saturated heterocycles. The number of carbonyl (C=O) groups excluding carboxylic acids is 1. The number of carbonyl (C=O) groups is 1. The largest absolute Gasteiger partial charge is 0.378 e. The zero-order chi connectivity index (χ0) is 18.2. The summed E-state index contributed by atoms with van der Waals surface area (Å²) in [6, 6.07) is 8.45. The van der Waals surface area contributed by atoms with Gasteiger partial charge in [0.1, 0.15) is 5.54 Å². The van der Waals surface area contributed by atoms with Gasteiger partial charge in [-0.15, -0.1) is 12.4 Å². The summed E-state index contributed by atoms with van der Waals surface area (Å²) in [7, 11) is 0. The van der Waals surface area contributed by atoms with Crippen molar-refractivity contribution in [3.05, 3.63) is 35.4 Å². The number of nitrogens with one attached hydrogen (secondary N) is 1. The number of aryl methyl sites for hydroxylation is 1. The smallest absolute Gasteiger partial charge is 0.240 e. The van der Waals surface area contributed by atoms with Crippen LogP contribution in [0.5, 0.6) is 0 Å². The number of amides is 1. The first-order chi connectivity index (χ1) is 11.0. The molecule has 1 aliphatic rings. The molecule has 3 N–H and O–H groups in total. The number of hydrogen-bond acceptors (Lipinski definition) is 3. The fraction of sp³-hybridized carbons (Fsp3) is 0.650. The fourth-order valence-electron chi connectivity index (χ4n) is 3.39. The van der Waals surface area contributed by atoms with E-state index in [1.165, 1.54) is 11.1 Å².